The van der Waals surface area contributed by atoms with Crippen molar-refractivity contribution >= 4 is 27.6 Å². The molecule has 0 fully saturated rings. The molecule has 0 saturated carbocycles. The Morgan fingerprint density at radius 3 is 2.36 bits per heavy atom. The number of ketones is 1. The molecular weight excluding hydrogens is 452 g/mol. The summed E-state index contributed by atoms with van der Waals surface area (Å²) >= 11 is 0. The Kier molecular flexibility index (Phi) is 7.98. The normalized spacial score (nSPS) is 11.6. The molecule has 11 nitrogen and oxygen atoms in total. The number of aryl methyl sites for hydroxylation is 2. The molecule has 0 aliphatic rings. The van der Waals surface area contributed by atoms with E-state index in [9.17, 15) is 27.6 Å². The number of carbonyl (C=O) groups excluding carboxylic acids is 2. The van der Waals surface area contributed by atoms with Crippen molar-refractivity contribution in [3.63, 3.8) is 0 Å². The van der Waals surface area contributed by atoms with E-state index in [1.54, 1.807) is 13.0 Å². The van der Waals surface area contributed by atoms with Gasteiger partial charge in [-0.3, -0.25) is 23.5 Å². The van der Waals surface area contributed by atoms with Gasteiger partial charge in [0.2, 0.25) is 15.8 Å². The number of nitrogen functional groups attached to an aromatic ring is 1. The van der Waals surface area contributed by atoms with E-state index in [-0.39, 0.29) is 23.2 Å². The van der Waals surface area contributed by atoms with Gasteiger partial charge in [0.25, 0.3) is 5.56 Å². The van der Waals surface area contributed by atoms with E-state index in [1.165, 1.54) is 19.2 Å². The molecule has 0 spiro atoms. The molecule has 33 heavy (non-hydrogen) atoms. The molecule has 0 atom stereocenters. The highest BCUT2D eigenvalue weighted by molar-refractivity contribution is 7.89. The molecule has 0 amide bonds. The number of aromatic nitrogens is 2. The van der Waals surface area contributed by atoms with Crippen LogP contribution in [0.2, 0.25) is 0 Å². The van der Waals surface area contributed by atoms with Crippen LogP contribution in [-0.4, -0.2) is 42.5 Å². The number of nitrogens with one attached hydrogen (secondary N) is 1. The van der Waals surface area contributed by atoms with Crippen LogP contribution in [0.5, 0.6) is 0 Å². The van der Waals surface area contributed by atoms with Crippen molar-refractivity contribution in [3.05, 3.63) is 55.7 Å². The Hall–Kier alpha value is -3.25. The van der Waals surface area contributed by atoms with Crippen LogP contribution in [0, 0.1) is 19.8 Å². The van der Waals surface area contributed by atoms with E-state index in [0.717, 1.165) is 20.3 Å². The topological polar surface area (TPSA) is 160 Å². The average Bonchev–Trinajstić information content (AvgIpc) is 2.74. The lowest BCUT2D eigenvalue weighted by atomic mass is 10.1. The van der Waals surface area contributed by atoms with Gasteiger partial charge in [-0.2, -0.15) is 4.72 Å². The van der Waals surface area contributed by atoms with Gasteiger partial charge in [-0.1, -0.05) is 19.9 Å². The molecule has 0 radical (unpaired) electrons. The van der Waals surface area contributed by atoms with Gasteiger partial charge < -0.3 is 10.5 Å². The number of rotatable bonds is 9. The first-order valence-electron chi connectivity index (χ1n) is 10.1. The average molecular weight is 481 g/mol. The predicted molar refractivity (Wildman–Crippen MR) is 122 cm³/mol. The molecule has 12 heteroatoms. The number of nitrogens with two attached hydrogens (primary N) is 1. The van der Waals surface area contributed by atoms with Crippen LogP contribution >= 0.6 is 0 Å². The fraction of sp³-hybridized carbons (Fsp3) is 0.429. The fourth-order valence-corrected chi connectivity index (χ4v) is 4.03. The maximum absolute atomic E-state index is 12.6. The number of sulfonamides is 1. The summed E-state index contributed by atoms with van der Waals surface area (Å²) < 4.78 is 33.5. The third-order valence-electron chi connectivity index (χ3n) is 4.97. The standard InChI is InChI=1S/C21H28N4O7S/c1-12(2)10-25-19(22)18(20(28)24(5)21(25)29)16(26)11-32-17(27)9-23-33(30,31)15-7-6-13(3)14(4)8-15/h6-8,12,23H,9-11,22H2,1-5H3. The maximum atomic E-state index is 12.6. The lowest BCUT2D eigenvalue weighted by Crippen LogP contribution is -2.43. The zero-order valence-electron chi connectivity index (χ0n) is 19.2. The van der Waals surface area contributed by atoms with Gasteiger partial charge in [0.15, 0.2) is 6.61 Å². The Bertz CT molecular complexity index is 1310. The van der Waals surface area contributed by atoms with Crippen LogP contribution in [0.4, 0.5) is 5.82 Å². The number of Topliss-reactive ketones (excluding diaryl/α,β-unsaturated/α-hetero) is 1. The molecule has 1 heterocycles. The number of esters is 1. The minimum atomic E-state index is -3.97. The second-order valence-corrected chi connectivity index (χ2v) is 9.83. The van der Waals surface area contributed by atoms with Crippen LogP contribution in [0.3, 0.4) is 0 Å². The zero-order chi connectivity index (χ0) is 25.1. The molecular formula is C21H28N4O7S. The molecule has 1 aromatic heterocycles. The van der Waals surface area contributed by atoms with Crippen molar-refractivity contribution in [2.24, 2.45) is 13.0 Å². The fourth-order valence-electron chi connectivity index (χ4n) is 2.97. The smallest absolute Gasteiger partial charge is 0.332 e. The lowest BCUT2D eigenvalue weighted by Gasteiger charge is -2.16. The molecule has 3 N–H and O–H groups in total. The maximum Gasteiger partial charge on any atom is 0.332 e. The number of hydrogen-bond donors (Lipinski definition) is 2. The minimum Gasteiger partial charge on any atom is -0.456 e. The summed E-state index contributed by atoms with van der Waals surface area (Å²) in [4.78, 5) is 49.3. The summed E-state index contributed by atoms with van der Waals surface area (Å²) in [6, 6.07) is 4.52. The van der Waals surface area contributed by atoms with Gasteiger partial charge in [-0.25, -0.2) is 13.2 Å². The number of nitrogens with zero attached hydrogens (tertiary/aromatic N) is 2. The predicted octanol–water partition coefficient (Wildman–Crippen LogP) is 0.106. The van der Waals surface area contributed by atoms with E-state index in [0.29, 0.717) is 0 Å². The van der Waals surface area contributed by atoms with E-state index < -0.39 is 51.7 Å². The monoisotopic (exact) mass is 480 g/mol. The zero-order valence-corrected chi connectivity index (χ0v) is 20.0. The first-order chi connectivity index (χ1) is 15.3. The number of hydrogen-bond acceptors (Lipinski definition) is 8. The largest absolute Gasteiger partial charge is 0.456 e. The van der Waals surface area contributed by atoms with Crippen molar-refractivity contribution < 1.29 is 22.7 Å². The van der Waals surface area contributed by atoms with Crippen LogP contribution in [0.25, 0.3) is 0 Å². The minimum absolute atomic E-state index is 0.00798. The van der Waals surface area contributed by atoms with Crippen molar-refractivity contribution in [3.8, 4) is 0 Å². The first-order valence-corrected chi connectivity index (χ1v) is 11.6. The van der Waals surface area contributed by atoms with Crippen molar-refractivity contribution in [2.45, 2.75) is 39.1 Å². The summed E-state index contributed by atoms with van der Waals surface area (Å²) in [7, 11) is -2.76. The van der Waals surface area contributed by atoms with Crippen LogP contribution in [-0.2, 0) is 33.1 Å². The third kappa shape index (κ3) is 5.96. The second-order valence-electron chi connectivity index (χ2n) is 8.07. The third-order valence-corrected chi connectivity index (χ3v) is 6.37. The van der Waals surface area contributed by atoms with Gasteiger partial charge in [0.1, 0.15) is 17.9 Å². The molecule has 2 aromatic rings. The Morgan fingerprint density at radius 2 is 1.79 bits per heavy atom. The van der Waals surface area contributed by atoms with Crippen LogP contribution < -0.4 is 21.7 Å². The summed E-state index contributed by atoms with van der Waals surface area (Å²) in [5, 5.41) is 0. The molecule has 180 valence electrons. The van der Waals surface area contributed by atoms with Gasteiger partial charge in [-0.05, 0) is 43.0 Å². The lowest BCUT2D eigenvalue weighted by molar-refractivity contribution is -0.141. The highest BCUT2D eigenvalue weighted by Crippen LogP contribution is 2.14. The van der Waals surface area contributed by atoms with Gasteiger partial charge >= 0.3 is 11.7 Å². The van der Waals surface area contributed by atoms with Crippen LogP contribution in [0.1, 0.15) is 35.3 Å². The highest BCUT2D eigenvalue weighted by atomic mass is 32.2. The quantitative estimate of drug-likeness (QED) is 0.378. The SMILES string of the molecule is Cc1ccc(S(=O)(=O)NCC(=O)OCC(=O)c2c(N)n(CC(C)C)c(=O)n(C)c2=O)cc1C. The van der Waals surface area contributed by atoms with Crippen LogP contribution in [0.15, 0.2) is 32.7 Å². The molecule has 0 saturated heterocycles. The Morgan fingerprint density at radius 1 is 1.15 bits per heavy atom. The van der Waals surface area contributed by atoms with Crippen molar-refractivity contribution in [2.75, 3.05) is 18.9 Å². The Labute approximate surface area is 191 Å². The van der Waals surface area contributed by atoms with E-state index in [2.05, 4.69) is 4.72 Å². The van der Waals surface area contributed by atoms with E-state index in [4.69, 9.17) is 10.5 Å². The number of ether oxygens (including phenoxy) is 1. The Balaban J connectivity index is 2.11. The number of carbonyl (C=O) groups is 2. The summed E-state index contributed by atoms with van der Waals surface area (Å²) in [5.41, 5.74) is 5.54. The van der Waals surface area contributed by atoms with E-state index in [1.807, 2.05) is 20.8 Å². The molecule has 1 aromatic carbocycles. The van der Waals surface area contributed by atoms with Gasteiger partial charge in [0, 0.05) is 13.6 Å². The molecule has 2 rings (SSSR count). The second kappa shape index (κ2) is 10.1. The number of benzene rings is 1. The first kappa shape index (κ1) is 26.0. The molecule has 0 aliphatic carbocycles. The van der Waals surface area contributed by atoms with Gasteiger partial charge in [0.05, 0.1) is 4.90 Å². The summed E-state index contributed by atoms with van der Waals surface area (Å²) in [6.07, 6.45) is 0. The molecule has 0 aliphatic heterocycles. The number of anilines is 1. The van der Waals surface area contributed by atoms with Gasteiger partial charge in [-0.15, -0.1) is 0 Å². The van der Waals surface area contributed by atoms with Crippen molar-refractivity contribution in [1.29, 1.82) is 0 Å². The van der Waals surface area contributed by atoms with Crippen molar-refractivity contribution in [1.82, 2.24) is 13.9 Å². The highest BCUT2D eigenvalue weighted by Gasteiger charge is 2.23. The molecule has 0 bridgehead atoms. The molecule has 0 unspecified atom stereocenters. The van der Waals surface area contributed by atoms with E-state index >= 15 is 0 Å². The summed E-state index contributed by atoms with van der Waals surface area (Å²) in [5.74, 6) is -2.24. The summed E-state index contributed by atoms with van der Waals surface area (Å²) in [6.45, 7) is 5.88.